The van der Waals surface area contributed by atoms with Crippen LogP contribution < -0.4 is 10.6 Å². The molecule has 18 heavy (non-hydrogen) atoms. The Morgan fingerprint density at radius 2 is 2.11 bits per heavy atom. The van der Waals surface area contributed by atoms with Crippen molar-refractivity contribution in [2.24, 2.45) is 5.73 Å². The molecule has 0 saturated carbocycles. The Labute approximate surface area is 105 Å². The van der Waals surface area contributed by atoms with Gasteiger partial charge in [0.2, 0.25) is 5.91 Å². The number of primary amides is 1. The summed E-state index contributed by atoms with van der Waals surface area (Å²) in [5, 5.41) is 4.07. The van der Waals surface area contributed by atoms with Gasteiger partial charge in [-0.15, -0.1) is 0 Å². The van der Waals surface area contributed by atoms with Gasteiger partial charge in [-0.1, -0.05) is 0 Å². The quantitative estimate of drug-likeness (QED) is 0.850. The number of hydrogen-bond donors (Lipinski definition) is 1. The minimum atomic E-state index is -0.411. The van der Waals surface area contributed by atoms with Gasteiger partial charge in [0.15, 0.2) is 0 Å². The summed E-state index contributed by atoms with van der Waals surface area (Å²) < 4.78 is 1.51. The molecule has 94 valence electrons. The third-order valence-electron chi connectivity index (χ3n) is 2.49. The zero-order chi connectivity index (χ0) is 13.1. The van der Waals surface area contributed by atoms with Gasteiger partial charge in [0.25, 0.3) is 0 Å². The second kappa shape index (κ2) is 4.87. The van der Waals surface area contributed by atoms with E-state index in [2.05, 4.69) is 10.1 Å². The highest BCUT2D eigenvalue weighted by Crippen LogP contribution is 2.19. The van der Waals surface area contributed by atoms with Crippen LogP contribution in [0, 0.1) is 0 Å². The SMILES string of the molecule is CN(C)c1ccc(-c2cnn(CC(N)=O)c2)cn1. The monoisotopic (exact) mass is 245 g/mol. The van der Waals surface area contributed by atoms with Crippen LogP contribution in [0.1, 0.15) is 0 Å². The third-order valence-corrected chi connectivity index (χ3v) is 2.49. The molecule has 0 spiro atoms. The Kier molecular flexibility index (Phi) is 3.27. The molecule has 2 N–H and O–H groups in total. The smallest absolute Gasteiger partial charge is 0.239 e. The molecule has 0 aromatic carbocycles. The van der Waals surface area contributed by atoms with Gasteiger partial charge < -0.3 is 10.6 Å². The van der Waals surface area contributed by atoms with Gasteiger partial charge in [0.05, 0.1) is 6.20 Å². The minimum Gasteiger partial charge on any atom is -0.368 e. The number of anilines is 1. The Balaban J connectivity index is 2.20. The second-order valence-electron chi connectivity index (χ2n) is 4.19. The molecule has 2 heterocycles. The highest BCUT2D eigenvalue weighted by Gasteiger charge is 2.04. The van der Waals surface area contributed by atoms with E-state index in [-0.39, 0.29) is 6.54 Å². The number of carbonyl (C=O) groups excluding carboxylic acids is 1. The van der Waals surface area contributed by atoms with Crippen molar-refractivity contribution in [3.05, 3.63) is 30.7 Å². The van der Waals surface area contributed by atoms with Gasteiger partial charge in [0.1, 0.15) is 12.4 Å². The lowest BCUT2D eigenvalue weighted by Gasteiger charge is -2.10. The van der Waals surface area contributed by atoms with Gasteiger partial charge in [-0.3, -0.25) is 9.48 Å². The lowest BCUT2D eigenvalue weighted by Crippen LogP contribution is -2.18. The van der Waals surface area contributed by atoms with Crippen molar-refractivity contribution in [3.8, 4) is 11.1 Å². The van der Waals surface area contributed by atoms with E-state index in [1.54, 1.807) is 18.6 Å². The van der Waals surface area contributed by atoms with Crippen LogP contribution in [-0.4, -0.2) is 34.8 Å². The van der Waals surface area contributed by atoms with Crippen molar-refractivity contribution < 1.29 is 4.79 Å². The number of rotatable bonds is 4. The minimum absolute atomic E-state index is 0.0865. The fourth-order valence-corrected chi connectivity index (χ4v) is 1.58. The van der Waals surface area contributed by atoms with Crippen LogP contribution in [0.5, 0.6) is 0 Å². The molecule has 1 amide bonds. The van der Waals surface area contributed by atoms with Crippen molar-refractivity contribution >= 4 is 11.7 Å². The molecular weight excluding hydrogens is 230 g/mol. The maximum Gasteiger partial charge on any atom is 0.239 e. The van der Waals surface area contributed by atoms with Crippen LogP contribution in [0.25, 0.3) is 11.1 Å². The molecule has 2 aromatic heterocycles. The number of hydrogen-bond acceptors (Lipinski definition) is 4. The van der Waals surface area contributed by atoms with E-state index in [0.717, 1.165) is 16.9 Å². The first kappa shape index (κ1) is 12.1. The molecule has 6 heteroatoms. The standard InChI is InChI=1S/C12H15N5O/c1-16(2)12-4-3-9(5-14-12)10-6-15-17(7-10)8-11(13)18/h3-7H,8H2,1-2H3,(H2,13,18). The molecule has 6 nitrogen and oxygen atoms in total. The second-order valence-corrected chi connectivity index (χ2v) is 4.19. The first-order chi connectivity index (χ1) is 8.56. The maximum atomic E-state index is 10.8. The molecule has 2 aromatic rings. The highest BCUT2D eigenvalue weighted by molar-refractivity contribution is 5.73. The Morgan fingerprint density at radius 3 is 2.67 bits per heavy atom. The van der Waals surface area contributed by atoms with Crippen LogP contribution >= 0.6 is 0 Å². The first-order valence-electron chi connectivity index (χ1n) is 5.51. The van der Waals surface area contributed by atoms with Gasteiger partial charge in [-0.05, 0) is 12.1 Å². The van der Waals surface area contributed by atoms with Crippen molar-refractivity contribution in [2.45, 2.75) is 6.54 Å². The Hall–Kier alpha value is -2.37. The molecule has 0 saturated heterocycles. The van der Waals surface area contributed by atoms with E-state index in [0.29, 0.717) is 0 Å². The summed E-state index contributed by atoms with van der Waals surface area (Å²) in [5.41, 5.74) is 6.97. The van der Waals surface area contributed by atoms with Crippen LogP contribution in [0.4, 0.5) is 5.82 Å². The first-order valence-corrected chi connectivity index (χ1v) is 5.51. The molecule has 0 aliphatic carbocycles. The number of pyridine rings is 1. The van der Waals surface area contributed by atoms with Gasteiger partial charge in [0, 0.05) is 37.6 Å². The Morgan fingerprint density at radius 1 is 1.33 bits per heavy atom. The molecule has 0 fully saturated rings. The molecular formula is C12H15N5O. The zero-order valence-corrected chi connectivity index (χ0v) is 10.4. The number of amides is 1. The number of aromatic nitrogens is 3. The van der Waals surface area contributed by atoms with Crippen LogP contribution in [-0.2, 0) is 11.3 Å². The van der Waals surface area contributed by atoms with E-state index in [1.807, 2.05) is 31.1 Å². The normalized spacial score (nSPS) is 10.3. The summed E-state index contributed by atoms with van der Waals surface area (Å²) >= 11 is 0. The van der Waals surface area contributed by atoms with E-state index in [1.165, 1.54) is 4.68 Å². The topological polar surface area (TPSA) is 77.0 Å². The largest absolute Gasteiger partial charge is 0.368 e. The van der Waals surface area contributed by atoms with Crippen molar-refractivity contribution in [1.29, 1.82) is 0 Å². The summed E-state index contributed by atoms with van der Waals surface area (Å²) in [6.45, 7) is 0.0865. The Bertz CT molecular complexity index is 544. The third kappa shape index (κ3) is 2.65. The van der Waals surface area contributed by atoms with Crippen molar-refractivity contribution in [2.75, 3.05) is 19.0 Å². The predicted molar refractivity (Wildman–Crippen MR) is 69.0 cm³/mol. The summed E-state index contributed by atoms with van der Waals surface area (Å²) in [6, 6.07) is 3.90. The average Bonchev–Trinajstić information content (AvgIpc) is 2.76. The van der Waals surface area contributed by atoms with Gasteiger partial charge >= 0.3 is 0 Å². The van der Waals surface area contributed by atoms with E-state index >= 15 is 0 Å². The number of carbonyl (C=O) groups is 1. The van der Waals surface area contributed by atoms with Crippen molar-refractivity contribution in [3.63, 3.8) is 0 Å². The molecule has 0 radical (unpaired) electrons. The van der Waals surface area contributed by atoms with Gasteiger partial charge in [-0.25, -0.2) is 4.98 Å². The maximum absolute atomic E-state index is 10.8. The van der Waals surface area contributed by atoms with Gasteiger partial charge in [-0.2, -0.15) is 5.10 Å². The zero-order valence-electron chi connectivity index (χ0n) is 10.4. The predicted octanol–water partition coefficient (Wildman–Crippen LogP) is 0.496. The lowest BCUT2D eigenvalue weighted by atomic mass is 10.2. The highest BCUT2D eigenvalue weighted by atomic mass is 16.1. The van der Waals surface area contributed by atoms with Crippen molar-refractivity contribution in [1.82, 2.24) is 14.8 Å². The summed E-state index contributed by atoms with van der Waals surface area (Å²) in [7, 11) is 3.87. The van der Waals surface area contributed by atoms with E-state index in [9.17, 15) is 4.79 Å². The van der Waals surface area contributed by atoms with E-state index < -0.39 is 5.91 Å². The number of nitrogens with two attached hydrogens (primary N) is 1. The molecule has 2 rings (SSSR count). The van der Waals surface area contributed by atoms with E-state index in [4.69, 9.17) is 5.73 Å². The molecule has 0 atom stereocenters. The van der Waals surface area contributed by atoms with Crippen LogP contribution in [0.2, 0.25) is 0 Å². The average molecular weight is 245 g/mol. The molecule has 0 aliphatic heterocycles. The summed E-state index contributed by atoms with van der Waals surface area (Å²) in [6.07, 6.45) is 5.24. The fraction of sp³-hybridized carbons (Fsp3) is 0.250. The molecule has 0 aliphatic rings. The van der Waals surface area contributed by atoms with Crippen LogP contribution in [0.15, 0.2) is 30.7 Å². The number of nitrogens with zero attached hydrogens (tertiary/aromatic N) is 4. The summed E-state index contributed by atoms with van der Waals surface area (Å²) in [4.78, 5) is 17.0. The van der Waals surface area contributed by atoms with Crippen LogP contribution in [0.3, 0.4) is 0 Å². The summed E-state index contributed by atoms with van der Waals surface area (Å²) in [5.74, 6) is 0.481. The molecule has 0 bridgehead atoms. The fourth-order valence-electron chi connectivity index (χ4n) is 1.58. The molecule has 0 unspecified atom stereocenters. The lowest BCUT2D eigenvalue weighted by molar-refractivity contribution is -0.118.